The summed E-state index contributed by atoms with van der Waals surface area (Å²) in [5, 5.41) is 1.20. The van der Waals surface area contributed by atoms with E-state index in [2.05, 4.69) is 0 Å². The predicted octanol–water partition coefficient (Wildman–Crippen LogP) is 4.92. The molecule has 0 atom stereocenters. The largest absolute Gasteiger partial charge is 0.341 e. The molecule has 160 valence electrons. The van der Waals surface area contributed by atoms with Crippen LogP contribution in [0.4, 0.5) is 0 Å². The molecular formula is C23H27ClN2O3S. The van der Waals surface area contributed by atoms with Crippen LogP contribution in [-0.2, 0) is 26.9 Å². The average molecular weight is 447 g/mol. The van der Waals surface area contributed by atoms with Crippen LogP contribution < -0.4 is 0 Å². The zero-order chi connectivity index (χ0) is 21.7. The highest BCUT2D eigenvalue weighted by molar-refractivity contribution is 7.90. The normalized spacial score (nSPS) is 11.7. The standard InChI is InChI=1S/C23H27ClN2O3S/c1-3-13-25(14-4-2)23(27)16-26-15-22(20-7-5-6-8-21(20)26)30(28,29)17-18-9-11-19(24)12-10-18/h5-12,15H,3-4,13-14,16-17H2,1-2H3. The molecule has 7 heteroatoms. The molecule has 0 radical (unpaired) electrons. The number of hydrogen-bond acceptors (Lipinski definition) is 3. The summed E-state index contributed by atoms with van der Waals surface area (Å²) in [6.45, 7) is 5.61. The number of carbonyl (C=O) groups is 1. The second-order valence-corrected chi connectivity index (χ2v) is 9.80. The molecule has 3 aromatic rings. The van der Waals surface area contributed by atoms with Gasteiger partial charge in [0.05, 0.1) is 10.6 Å². The zero-order valence-electron chi connectivity index (χ0n) is 17.3. The van der Waals surface area contributed by atoms with E-state index in [0.29, 0.717) is 29.1 Å². The van der Waals surface area contributed by atoms with Crippen molar-refractivity contribution < 1.29 is 13.2 Å². The van der Waals surface area contributed by atoms with E-state index in [1.54, 1.807) is 41.1 Å². The molecule has 0 unspecified atom stereocenters. The second kappa shape index (κ2) is 9.67. The Morgan fingerprint density at radius 3 is 2.27 bits per heavy atom. The second-order valence-electron chi connectivity index (χ2n) is 7.40. The van der Waals surface area contributed by atoms with Gasteiger partial charge in [-0.05, 0) is 36.6 Å². The van der Waals surface area contributed by atoms with Gasteiger partial charge in [-0.2, -0.15) is 0 Å². The number of carbonyl (C=O) groups excluding carboxylic acids is 1. The lowest BCUT2D eigenvalue weighted by atomic mass is 10.2. The summed E-state index contributed by atoms with van der Waals surface area (Å²) in [4.78, 5) is 15.0. The third-order valence-electron chi connectivity index (χ3n) is 5.00. The number of hydrogen-bond donors (Lipinski definition) is 0. The van der Waals surface area contributed by atoms with Crippen molar-refractivity contribution in [3.05, 3.63) is 65.3 Å². The van der Waals surface area contributed by atoms with Crippen molar-refractivity contribution in [3.63, 3.8) is 0 Å². The summed E-state index contributed by atoms with van der Waals surface area (Å²) in [6, 6.07) is 14.1. The topological polar surface area (TPSA) is 59.4 Å². The van der Waals surface area contributed by atoms with Crippen LogP contribution in [0.25, 0.3) is 10.9 Å². The highest BCUT2D eigenvalue weighted by atomic mass is 35.5. The molecule has 30 heavy (non-hydrogen) atoms. The number of amides is 1. The summed E-state index contributed by atoms with van der Waals surface area (Å²) >= 11 is 5.91. The van der Waals surface area contributed by atoms with Gasteiger partial charge in [0.2, 0.25) is 5.91 Å². The smallest absolute Gasteiger partial charge is 0.242 e. The number of benzene rings is 2. The first-order valence-electron chi connectivity index (χ1n) is 10.2. The molecule has 0 aliphatic rings. The fourth-order valence-corrected chi connectivity index (χ4v) is 5.32. The molecule has 0 aliphatic carbocycles. The molecule has 3 rings (SSSR count). The van der Waals surface area contributed by atoms with Crippen molar-refractivity contribution in [2.45, 2.75) is 43.9 Å². The Morgan fingerprint density at radius 1 is 1.00 bits per heavy atom. The lowest BCUT2D eigenvalue weighted by Gasteiger charge is -2.22. The van der Waals surface area contributed by atoms with Crippen molar-refractivity contribution in [3.8, 4) is 0 Å². The van der Waals surface area contributed by atoms with E-state index in [9.17, 15) is 13.2 Å². The van der Waals surface area contributed by atoms with Crippen LogP contribution in [-0.4, -0.2) is 36.9 Å². The molecule has 0 aliphatic heterocycles. The van der Waals surface area contributed by atoms with Gasteiger partial charge in [-0.1, -0.05) is 55.8 Å². The Bertz CT molecular complexity index is 1120. The summed E-state index contributed by atoms with van der Waals surface area (Å²) in [7, 11) is -3.60. The number of halogens is 1. The maximum atomic E-state index is 13.2. The number of nitrogens with zero attached hydrogens (tertiary/aromatic N) is 2. The van der Waals surface area contributed by atoms with Gasteiger partial charge in [-0.3, -0.25) is 4.79 Å². The number of para-hydroxylation sites is 1. The van der Waals surface area contributed by atoms with Crippen LogP contribution in [0.5, 0.6) is 0 Å². The molecular weight excluding hydrogens is 420 g/mol. The van der Waals surface area contributed by atoms with E-state index < -0.39 is 9.84 Å². The van der Waals surface area contributed by atoms with E-state index >= 15 is 0 Å². The minimum atomic E-state index is -3.60. The van der Waals surface area contributed by atoms with Gasteiger partial charge in [0.1, 0.15) is 6.54 Å². The number of sulfone groups is 1. The molecule has 2 aromatic carbocycles. The summed E-state index contributed by atoms with van der Waals surface area (Å²) in [5.41, 5.74) is 1.41. The number of rotatable bonds is 9. The average Bonchev–Trinajstić information content (AvgIpc) is 3.09. The Balaban J connectivity index is 1.95. The van der Waals surface area contributed by atoms with Crippen LogP contribution in [0.2, 0.25) is 5.02 Å². The number of aromatic nitrogens is 1. The zero-order valence-corrected chi connectivity index (χ0v) is 18.9. The quantitative estimate of drug-likeness (QED) is 0.468. The Hall–Kier alpha value is -2.31. The molecule has 1 aromatic heterocycles. The van der Waals surface area contributed by atoms with E-state index in [4.69, 9.17) is 11.6 Å². The van der Waals surface area contributed by atoms with Crippen LogP contribution in [0.3, 0.4) is 0 Å². The highest BCUT2D eigenvalue weighted by Crippen LogP contribution is 2.28. The van der Waals surface area contributed by atoms with E-state index in [1.807, 2.05) is 36.9 Å². The highest BCUT2D eigenvalue weighted by Gasteiger charge is 2.23. The summed E-state index contributed by atoms with van der Waals surface area (Å²) in [6.07, 6.45) is 3.38. The van der Waals surface area contributed by atoms with E-state index in [0.717, 1.165) is 18.4 Å². The van der Waals surface area contributed by atoms with Gasteiger partial charge in [-0.25, -0.2) is 8.42 Å². The first-order valence-corrected chi connectivity index (χ1v) is 12.2. The van der Waals surface area contributed by atoms with Crippen molar-refractivity contribution in [2.24, 2.45) is 0 Å². The molecule has 0 spiro atoms. The van der Waals surface area contributed by atoms with Gasteiger partial charge in [0, 0.05) is 35.2 Å². The van der Waals surface area contributed by atoms with Crippen molar-refractivity contribution in [1.82, 2.24) is 9.47 Å². The van der Waals surface area contributed by atoms with Crippen LogP contribution >= 0.6 is 11.6 Å². The molecule has 1 heterocycles. The Morgan fingerprint density at radius 2 is 1.63 bits per heavy atom. The fourth-order valence-electron chi connectivity index (χ4n) is 3.62. The van der Waals surface area contributed by atoms with Gasteiger partial charge < -0.3 is 9.47 Å². The maximum Gasteiger partial charge on any atom is 0.242 e. The maximum absolute atomic E-state index is 13.2. The third kappa shape index (κ3) is 5.05. The lowest BCUT2D eigenvalue weighted by molar-refractivity contribution is -0.131. The lowest BCUT2D eigenvalue weighted by Crippen LogP contribution is -2.35. The monoisotopic (exact) mass is 446 g/mol. The molecule has 0 saturated heterocycles. The molecule has 0 fully saturated rings. The third-order valence-corrected chi connectivity index (χ3v) is 6.96. The van der Waals surface area contributed by atoms with Crippen LogP contribution in [0, 0.1) is 0 Å². The minimum Gasteiger partial charge on any atom is -0.341 e. The summed E-state index contributed by atoms with van der Waals surface area (Å²) < 4.78 is 28.1. The predicted molar refractivity (Wildman–Crippen MR) is 121 cm³/mol. The molecule has 0 N–H and O–H groups in total. The Kier molecular flexibility index (Phi) is 7.21. The van der Waals surface area contributed by atoms with Crippen LogP contribution in [0.15, 0.2) is 59.6 Å². The molecule has 1 amide bonds. The van der Waals surface area contributed by atoms with Gasteiger partial charge in [0.15, 0.2) is 9.84 Å². The van der Waals surface area contributed by atoms with Gasteiger partial charge in [0.25, 0.3) is 0 Å². The van der Waals surface area contributed by atoms with E-state index in [1.165, 1.54) is 0 Å². The van der Waals surface area contributed by atoms with E-state index in [-0.39, 0.29) is 23.1 Å². The first-order chi connectivity index (χ1) is 14.4. The fraction of sp³-hybridized carbons (Fsp3) is 0.348. The molecule has 5 nitrogen and oxygen atoms in total. The van der Waals surface area contributed by atoms with Crippen molar-refractivity contribution in [1.29, 1.82) is 0 Å². The molecule has 0 bridgehead atoms. The first kappa shape index (κ1) is 22.4. The summed E-state index contributed by atoms with van der Waals surface area (Å²) in [5.74, 6) is -0.120. The van der Waals surface area contributed by atoms with Gasteiger partial charge >= 0.3 is 0 Å². The van der Waals surface area contributed by atoms with Crippen LogP contribution in [0.1, 0.15) is 32.3 Å². The SMILES string of the molecule is CCCN(CCC)C(=O)Cn1cc(S(=O)(=O)Cc2ccc(Cl)cc2)c2ccccc21. The van der Waals surface area contributed by atoms with Crippen molar-refractivity contribution in [2.75, 3.05) is 13.1 Å². The number of fused-ring (bicyclic) bond motifs is 1. The van der Waals surface area contributed by atoms with Gasteiger partial charge in [-0.15, -0.1) is 0 Å². The van der Waals surface area contributed by atoms with Crippen molar-refractivity contribution >= 4 is 38.2 Å². The molecule has 0 saturated carbocycles. The minimum absolute atomic E-state index is 0.00102. The Labute approximate surface area is 183 Å².